The summed E-state index contributed by atoms with van der Waals surface area (Å²) in [5.41, 5.74) is 1.88. The van der Waals surface area contributed by atoms with Crippen molar-refractivity contribution in [3.63, 3.8) is 0 Å². The maximum atomic E-state index is 13.9. The molecule has 0 aromatic heterocycles. The van der Waals surface area contributed by atoms with Crippen molar-refractivity contribution < 1.29 is 18.0 Å². The van der Waals surface area contributed by atoms with E-state index in [-0.39, 0.29) is 29.1 Å². The molecule has 0 spiro atoms. The topological polar surface area (TPSA) is 86.8 Å². The highest BCUT2D eigenvalue weighted by Gasteiger charge is 2.32. The molecule has 0 saturated carbocycles. The molecule has 0 fully saturated rings. The number of carbonyl (C=O) groups is 2. The molecule has 3 rings (SSSR count). The number of rotatable bonds is 11. The minimum Gasteiger partial charge on any atom is -0.352 e. The Bertz CT molecular complexity index is 1400. The van der Waals surface area contributed by atoms with Crippen LogP contribution in [0.15, 0.2) is 77.7 Å². The molecule has 10 heteroatoms. The molecule has 0 saturated heterocycles. The normalized spacial score (nSPS) is 12.9. The van der Waals surface area contributed by atoms with E-state index in [0.29, 0.717) is 15.6 Å². The van der Waals surface area contributed by atoms with Gasteiger partial charge in [-0.25, -0.2) is 8.42 Å². The van der Waals surface area contributed by atoms with Gasteiger partial charge in [0.2, 0.25) is 11.8 Å². The second kappa shape index (κ2) is 13.3. The number of anilines is 1. The van der Waals surface area contributed by atoms with E-state index in [9.17, 15) is 18.0 Å². The van der Waals surface area contributed by atoms with Crippen LogP contribution in [0.2, 0.25) is 10.0 Å². The van der Waals surface area contributed by atoms with Gasteiger partial charge in [-0.1, -0.05) is 60.0 Å². The maximum absolute atomic E-state index is 13.9. The van der Waals surface area contributed by atoms with Crippen LogP contribution in [0.5, 0.6) is 0 Å². The first kappa shape index (κ1) is 30.5. The van der Waals surface area contributed by atoms with E-state index in [1.807, 2.05) is 20.8 Å². The molecule has 2 amide bonds. The van der Waals surface area contributed by atoms with E-state index < -0.39 is 28.5 Å². The summed E-state index contributed by atoms with van der Waals surface area (Å²) in [6, 6.07) is 18.6. The van der Waals surface area contributed by atoms with Crippen LogP contribution in [0.25, 0.3) is 0 Å². The Labute approximate surface area is 240 Å². The molecule has 0 unspecified atom stereocenters. The zero-order valence-corrected chi connectivity index (χ0v) is 24.7. The summed E-state index contributed by atoms with van der Waals surface area (Å²) in [6.07, 6.45) is 0.722. The second-order valence-electron chi connectivity index (χ2n) is 9.45. The Hall–Kier alpha value is -3.07. The maximum Gasteiger partial charge on any atom is 0.264 e. The Morgan fingerprint density at radius 2 is 1.56 bits per heavy atom. The van der Waals surface area contributed by atoms with Crippen LogP contribution in [0.1, 0.15) is 38.3 Å². The third-order valence-corrected chi connectivity index (χ3v) is 8.69. The molecule has 3 aromatic carbocycles. The highest BCUT2D eigenvalue weighted by molar-refractivity contribution is 7.92. The minimum atomic E-state index is -4.14. The predicted molar refractivity (Wildman–Crippen MR) is 157 cm³/mol. The first-order valence-electron chi connectivity index (χ1n) is 12.6. The zero-order chi connectivity index (χ0) is 28.7. The monoisotopic (exact) mass is 589 g/mol. The number of nitrogens with zero attached hydrogens (tertiary/aromatic N) is 2. The average molecular weight is 591 g/mol. The summed E-state index contributed by atoms with van der Waals surface area (Å²) in [5, 5.41) is 3.82. The fraction of sp³-hybridized carbons (Fsp3) is 0.310. The van der Waals surface area contributed by atoms with Gasteiger partial charge in [0.05, 0.1) is 10.6 Å². The van der Waals surface area contributed by atoms with E-state index in [2.05, 4.69) is 5.32 Å². The third kappa shape index (κ3) is 7.97. The van der Waals surface area contributed by atoms with Crippen LogP contribution >= 0.6 is 23.2 Å². The molecule has 0 aliphatic rings. The highest BCUT2D eigenvalue weighted by Crippen LogP contribution is 2.26. The number of sulfonamides is 1. The molecule has 0 aliphatic heterocycles. The summed E-state index contributed by atoms with van der Waals surface area (Å²) in [4.78, 5) is 28.4. The van der Waals surface area contributed by atoms with Crippen LogP contribution in [0.3, 0.4) is 0 Å². The number of halogens is 2. The number of amides is 2. The van der Waals surface area contributed by atoms with Gasteiger partial charge in [-0.15, -0.1) is 0 Å². The smallest absolute Gasteiger partial charge is 0.264 e. The lowest BCUT2D eigenvalue weighted by Crippen LogP contribution is -2.52. The molecule has 0 bridgehead atoms. The Kier molecular flexibility index (Phi) is 10.4. The molecule has 0 heterocycles. The molecule has 208 valence electrons. The second-order valence-corrected chi connectivity index (χ2v) is 12.2. The number of aryl methyl sites for hydroxylation is 1. The van der Waals surface area contributed by atoms with Gasteiger partial charge < -0.3 is 10.2 Å². The Balaban J connectivity index is 2.02. The van der Waals surface area contributed by atoms with Gasteiger partial charge in [0.1, 0.15) is 12.6 Å². The van der Waals surface area contributed by atoms with Gasteiger partial charge in [-0.05, 0) is 81.3 Å². The van der Waals surface area contributed by atoms with E-state index in [1.54, 1.807) is 67.6 Å². The van der Waals surface area contributed by atoms with Crippen LogP contribution in [-0.4, -0.2) is 43.8 Å². The van der Waals surface area contributed by atoms with Crippen molar-refractivity contribution in [2.45, 2.75) is 57.6 Å². The van der Waals surface area contributed by atoms with Gasteiger partial charge >= 0.3 is 0 Å². The molecule has 0 radical (unpaired) electrons. The lowest BCUT2D eigenvalue weighted by atomic mass is 10.1. The summed E-state index contributed by atoms with van der Waals surface area (Å²) < 4.78 is 28.6. The molecular weight excluding hydrogens is 557 g/mol. The van der Waals surface area contributed by atoms with Crippen LogP contribution in [0, 0.1) is 6.92 Å². The van der Waals surface area contributed by atoms with Crippen molar-refractivity contribution in [2.24, 2.45) is 0 Å². The van der Waals surface area contributed by atoms with Gasteiger partial charge in [-0.3, -0.25) is 13.9 Å². The Morgan fingerprint density at radius 1 is 0.923 bits per heavy atom. The Morgan fingerprint density at radius 3 is 2.15 bits per heavy atom. The fourth-order valence-corrected chi connectivity index (χ4v) is 5.61. The molecule has 1 N–H and O–H groups in total. The van der Waals surface area contributed by atoms with Gasteiger partial charge in [0.15, 0.2) is 0 Å². The van der Waals surface area contributed by atoms with Crippen molar-refractivity contribution in [1.82, 2.24) is 10.2 Å². The lowest BCUT2D eigenvalue weighted by molar-refractivity contribution is -0.139. The summed E-state index contributed by atoms with van der Waals surface area (Å²) in [6.45, 7) is 6.85. The summed E-state index contributed by atoms with van der Waals surface area (Å²) in [7, 11) is -4.14. The van der Waals surface area contributed by atoms with Crippen molar-refractivity contribution in [3.05, 3.63) is 94.0 Å². The van der Waals surface area contributed by atoms with E-state index in [4.69, 9.17) is 23.2 Å². The number of hydrogen-bond acceptors (Lipinski definition) is 4. The minimum absolute atomic E-state index is 0.0415. The molecule has 3 aromatic rings. The first-order valence-corrected chi connectivity index (χ1v) is 14.8. The van der Waals surface area contributed by atoms with E-state index in [1.165, 1.54) is 17.0 Å². The van der Waals surface area contributed by atoms with Crippen molar-refractivity contribution in [2.75, 3.05) is 10.8 Å². The first-order chi connectivity index (χ1) is 18.4. The van der Waals surface area contributed by atoms with E-state index in [0.717, 1.165) is 16.3 Å². The third-order valence-electron chi connectivity index (χ3n) is 6.41. The van der Waals surface area contributed by atoms with E-state index >= 15 is 0 Å². The summed E-state index contributed by atoms with van der Waals surface area (Å²) >= 11 is 12.2. The number of hydrogen-bond donors (Lipinski definition) is 1. The molecule has 0 aliphatic carbocycles. The van der Waals surface area contributed by atoms with Crippen LogP contribution in [-0.2, 0) is 26.2 Å². The standard InChI is InChI=1S/C29H33Cl2N3O4S/c1-5-21(3)32-29(36)22(4)33(18-23-7-6-8-25(31)17-23)28(35)19-34(26-13-11-24(30)12-14-26)39(37,38)27-15-9-20(2)10-16-27/h6-17,21-22H,5,18-19H2,1-4H3,(H,32,36)/t21-,22-/m0/s1. The zero-order valence-electron chi connectivity index (χ0n) is 22.4. The molecular formula is C29H33Cl2N3O4S. The van der Waals surface area contributed by atoms with Gasteiger partial charge in [0, 0.05) is 22.6 Å². The quantitative estimate of drug-likeness (QED) is 0.305. The average Bonchev–Trinajstić information content (AvgIpc) is 2.90. The largest absolute Gasteiger partial charge is 0.352 e. The lowest BCUT2D eigenvalue weighted by Gasteiger charge is -2.32. The molecule has 7 nitrogen and oxygen atoms in total. The molecule has 39 heavy (non-hydrogen) atoms. The van der Waals surface area contributed by atoms with Gasteiger partial charge in [-0.2, -0.15) is 0 Å². The van der Waals surface area contributed by atoms with Crippen LogP contribution < -0.4 is 9.62 Å². The van der Waals surface area contributed by atoms with Crippen molar-refractivity contribution in [1.29, 1.82) is 0 Å². The van der Waals surface area contributed by atoms with Gasteiger partial charge in [0.25, 0.3) is 10.0 Å². The fourth-order valence-electron chi connectivity index (χ4n) is 3.85. The predicted octanol–water partition coefficient (Wildman–Crippen LogP) is 5.83. The highest BCUT2D eigenvalue weighted by atomic mass is 35.5. The number of benzene rings is 3. The van der Waals surface area contributed by atoms with Crippen molar-refractivity contribution >= 4 is 50.7 Å². The van der Waals surface area contributed by atoms with Crippen molar-refractivity contribution in [3.8, 4) is 0 Å². The van der Waals surface area contributed by atoms with Crippen LogP contribution in [0.4, 0.5) is 5.69 Å². The SMILES string of the molecule is CC[C@H](C)NC(=O)[C@H](C)N(Cc1cccc(Cl)c1)C(=O)CN(c1ccc(Cl)cc1)S(=O)(=O)c1ccc(C)cc1. The number of nitrogens with one attached hydrogen (secondary N) is 1. The number of carbonyl (C=O) groups excluding carboxylic acids is 2. The summed E-state index contributed by atoms with van der Waals surface area (Å²) in [5.74, 6) is -0.883. The molecule has 2 atom stereocenters.